The molecule has 0 spiro atoms. The van der Waals surface area contributed by atoms with Gasteiger partial charge in [0, 0.05) is 25.5 Å². The number of furan rings is 1. The van der Waals surface area contributed by atoms with Crippen molar-refractivity contribution in [1.82, 2.24) is 14.8 Å². The van der Waals surface area contributed by atoms with E-state index in [1.54, 1.807) is 0 Å². The number of halogens is 1. The van der Waals surface area contributed by atoms with Crippen molar-refractivity contribution in [1.29, 1.82) is 0 Å². The molecule has 0 bridgehead atoms. The average Bonchev–Trinajstić information content (AvgIpc) is 2.93. The summed E-state index contributed by atoms with van der Waals surface area (Å²) in [5.41, 5.74) is 0. The van der Waals surface area contributed by atoms with Gasteiger partial charge in [0.2, 0.25) is 5.82 Å². The highest BCUT2D eigenvalue weighted by Crippen LogP contribution is 2.25. The first-order valence-corrected chi connectivity index (χ1v) is 6.36. The van der Waals surface area contributed by atoms with Crippen molar-refractivity contribution < 1.29 is 9.52 Å². The molecule has 0 radical (unpaired) electrons. The van der Waals surface area contributed by atoms with Crippen LogP contribution in [0.25, 0.3) is 11.6 Å². The first kappa shape index (κ1) is 11.0. The van der Waals surface area contributed by atoms with Gasteiger partial charge in [0.15, 0.2) is 10.4 Å². The molecule has 17 heavy (non-hydrogen) atoms. The molecule has 6 heteroatoms. The number of aliphatic hydroxyl groups is 1. The van der Waals surface area contributed by atoms with Crippen LogP contribution in [0.15, 0.2) is 21.2 Å². The minimum Gasteiger partial charge on any atom is -0.446 e. The van der Waals surface area contributed by atoms with Crippen LogP contribution in [0.3, 0.4) is 0 Å². The Morgan fingerprint density at radius 2 is 2.41 bits per heavy atom. The van der Waals surface area contributed by atoms with Crippen molar-refractivity contribution >= 4 is 15.9 Å². The fourth-order valence-electron chi connectivity index (χ4n) is 2.06. The largest absolute Gasteiger partial charge is 0.446 e. The molecule has 0 saturated carbocycles. The average molecular weight is 298 g/mol. The lowest BCUT2D eigenvalue weighted by Crippen LogP contribution is -2.23. The van der Waals surface area contributed by atoms with Crippen molar-refractivity contribution in [2.24, 2.45) is 5.92 Å². The summed E-state index contributed by atoms with van der Waals surface area (Å²) in [4.78, 5) is 4.46. The van der Waals surface area contributed by atoms with Gasteiger partial charge in [-0.15, -0.1) is 5.10 Å². The summed E-state index contributed by atoms with van der Waals surface area (Å²) in [6.45, 7) is 0.946. The Morgan fingerprint density at radius 3 is 3.12 bits per heavy atom. The van der Waals surface area contributed by atoms with Gasteiger partial charge in [0.05, 0.1) is 0 Å². The van der Waals surface area contributed by atoms with Gasteiger partial charge in [-0.1, -0.05) is 0 Å². The van der Waals surface area contributed by atoms with Gasteiger partial charge in [-0.05, 0) is 34.5 Å². The molecule has 1 N–H and O–H groups in total. The van der Waals surface area contributed by atoms with Crippen molar-refractivity contribution in [3.63, 3.8) is 0 Å². The van der Waals surface area contributed by atoms with Crippen LogP contribution in [0.1, 0.15) is 12.2 Å². The van der Waals surface area contributed by atoms with Crippen molar-refractivity contribution in [2.75, 3.05) is 6.61 Å². The maximum Gasteiger partial charge on any atom is 0.217 e. The van der Waals surface area contributed by atoms with Crippen molar-refractivity contribution in [3.8, 4) is 11.6 Å². The third kappa shape index (κ3) is 2.02. The lowest BCUT2D eigenvalue weighted by atomic mass is 10.0. The minimum atomic E-state index is 0.209. The molecular formula is C11H12BrN3O2. The van der Waals surface area contributed by atoms with E-state index >= 15 is 0 Å². The standard InChI is InChI=1S/C11H12BrN3O2/c12-9-3-2-8(17-9)11-13-10-4-1-7(6-16)5-15(10)14-11/h2-3,7,16H,1,4-6H2. The van der Waals surface area contributed by atoms with Gasteiger partial charge in [-0.25, -0.2) is 9.67 Å². The molecule has 0 aliphatic carbocycles. The van der Waals surface area contributed by atoms with E-state index in [1.165, 1.54) is 0 Å². The molecule has 2 aromatic heterocycles. The number of fused-ring (bicyclic) bond motifs is 1. The maximum absolute atomic E-state index is 9.16. The van der Waals surface area contributed by atoms with E-state index in [1.807, 2.05) is 16.8 Å². The molecule has 1 aliphatic rings. The van der Waals surface area contributed by atoms with Crippen molar-refractivity contribution in [3.05, 3.63) is 22.6 Å². The van der Waals surface area contributed by atoms with Gasteiger partial charge >= 0.3 is 0 Å². The maximum atomic E-state index is 9.16. The highest BCUT2D eigenvalue weighted by molar-refractivity contribution is 9.10. The number of rotatable bonds is 2. The molecule has 3 rings (SSSR count). The molecule has 90 valence electrons. The van der Waals surface area contributed by atoms with Crippen molar-refractivity contribution in [2.45, 2.75) is 19.4 Å². The Bertz CT molecular complexity index is 535. The molecule has 0 fully saturated rings. The molecule has 0 aromatic carbocycles. The van der Waals surface area contributed by atoms with Crippen LogP contribution in [0.5, 0.6) is 0 Å². The molecule has 2 aromatic rings. The van der Waals surface area contributed by atoms with Crippen LogP contribution in [0.2, 0.25) is 0 Å². The fraction of sp³-hybridized carbons (Fsp3) is 0.455. The highest BCUT2D eigenvalue weighted by Gasteiger charge is 2.22. The minimum absolute atomic E-state index is 0.209. The van der Waals surface area contributed by atoms with E-state index < -0.39 is 0 Å². The quantitative estimate of drug-likeness (QED) is 0.919. The molecule has 0 saturated heterocycles. The topological polar surface area (TPSA) is 64.1 Å². The Balaban J connectivity index is 1.92. The van der Waals surface area contributed by atoms with Crippen LogP contribution in [0, 0.1) is 5.92 Å². The summed E-state index contributed by atoms with van der Waals surface area (Å²) in [5, 5.41) is 13.6. The highest BCUT2D eigenvalue weighted by atomic mass is 79.9. The third-order valence-corrected chi connectivity index (χ3v) is 3.43. The predicted molar refractivity (Wildman–Crippen MR) is 64.3 cm³/mol. The summed E-state index contributed by atoms with van der Waals surface area (Å²) in [6, 6.07) is 3.67. The first-order chi connectivity index (χ1) is 8.26. The van der Waals surface area contributed by atoms with E-state index in [4.69, 9.17) is 9.52 Å². The van der Waals surface area contributed by atoms with E-state index in [9.17, 15) is 0 Å². The summed E-state index contributed by atoms with van der Waals surface area (Å²) in [7, 11) is 0. The van der Waals surface area contributed by atoms with Gasteiger partial charge in [-0.3, -0.25) is 0 Å². The lowest BCUT2D eigenvalue weighted by Gasteiger charge is -2.19. The summed E-state index contributed by atoms with van der Waals surface area (Å²) in [6.07, 6.45) is 1.83. The van der Waals surface area contributed by atoms with Gasteiger partial charge < -0.3 is 9.52 Å². The number of aromatic nitrogens is 3. The van der Waals surface area contributed by atoms with Crippen LogP contribution in [-0.2, 0) is 13.0 Å². The second kappa shape index (κ2) is 4.27. The third-order valence-electron chi connectivity index (χ3n) is 3.01. The van der Waals surface area contributed by atoms with E-state index in [0.717, 1.165) is 25.2 Å². The summed E-state index contributed by atoms with van der Waals surface area (Å²) in [5.74, 6) is 2.54. The van der Waals surface area contributed by atoms with E-state index in [2.05, 4.69) is 26.0 Å². The Labute approximate surface area is 107 Å². The first-order valence-electron chi connectivity index (χ1n) is 5.56. The van der Waals surface area contributed by atoms with E-state index in [-0.39, 0.29) is 6.61 Å². The molecular weight excluding hydrogens is 286 g/mol. The normalized spacial score (nSPS) is 19.3. The summed E-state index contributed by atoms with van der Waals surface area (Å²) < 4.78 is 7.98. The van der Waals surface area contributed by atoms with Crippen LogP contribution < -0.4 is 0 Å². The zero-order chi connectivity index (χ0) is 11.8. The predicted octanol–water partition coefficient (Wildman–Crippen LogP) is 1.86. The zero-order valence-electron chi connectivity index (χ0n) is 9.14. The molecule has 1 aliphatic heterocycles. The van der Waals surface area contributed by atoms with Gasteiger partial charge in [0.25, 0.3) is 0 Å². The summed E-state index contributed by atoms with van der Waals surface area (Å²) >= 11 is 3.26. The van der Waals surface area contributed by atoms with Crippen LogP contribution >= 0.6 is 15.9 Å². The second-order valence-corrected chi connectivity index (χ2v) is 5.01. The number of nitrogens with zero attached hydrogens (tertiary/aromatic N) is 3. The number of aliphatic hydroxyl groups excluding tert-OH is 1. The number of hydrogen-bond acceptors (Lipinski definition) is 4. The van der Waals surface area contributed by atoms with E-state index in [0.29, 0.717) is 22.2 Å². The molecule has 1 unspecified atom stereocenters. The lowest BCUT2D eigenvalue weighted by molar-refractivity contribution is 0.185. The van der Waals surface area contributed by atoms with Crippen LogP contribution in [-0.4, -0.2) is 26.5 Å². The Morgan fingerprint density at radius 1 is 1.53 bits per heavy atom. The Hall–Kier alpha value is -1.14. The monoisotopic (exact) mass is 297 g/mol. The zero-order valence-corrected chi connectivity index (χ0v) is 10.7. The molecule has 3 heterocycles. The molecule has 1 atom stereocenters. The van der Waals surface area contributed by atoms with Gasteiger partial charge in [-0.2, -0.15) is 0 Å². The second-order valence-electron chi connectivity index (χ2n) is 4.22. The number of aryl methyl sites for hydroxylation is 1. The SMILES string of the molecule is OCC1CCc2nc(-c3ccc(Br)o3)nn2C1. The molecule has 5 nitrogen and oxygen atoms in total. The smallest absolute Gasteiger partial charge is 0.217 e. The van der Waals surface area contributed by atoms with Crippen LogP contribution in [0.4, 0.5) is 0 Å². The Kier molecular flexibility index (Phi) is 2.76. The van der Waals surface area contributed by atoms with Gasteiger partial charge in [0.1, 0.15) is 5.82 Å². The number of hydrogen-bond donors (Lipinski definition) is 1. The molecule has 0 amide bonds. The fourth-order valence-corrected chi connectivity index (χ4v) is 2.37.